The third kappa shape index (κ3) is 5.03. The largest absolute Gasteiger partial charge is 0.339 e. The molecule has 0 unspecified atom stereocenters. The van der Waals surface area contributed by atoms with E-state index in [1.807, 2.05) is 26.0 Å². The highest BCUT2D eigenvalue weighted by molar-refractivity contribution is 7.92. The molecule has 0 bridgehead atoms. The Labute approximate surface area is 179 Å². The molecule has 0 aliphatic heterocycles. The minimum atomic E-state index is -3.45. The zero-order chi connectivity index (χ0) is 22.1. The number of carbonyl (C=O) groups excluding carboxylic acids is 1. The second-order valence-corrected chi connectivity index (χ2v) is 10.2. The Morgan fingerprint density at radius 1 is 1.23 bits per heavy atom. The molecule has 160 valence electrons. The van der Waals surface area contributed by atoms with E-state index in [0.29, 0.717) is 34.4 Å². The Kier molecular flexibility index (Phi) is 6.22. The fourth-order valence-corrected chi connectivity index (χ4v) is 4.19. The standard InChI is InChI=1S/C19H23N5O4S2/c1-11(2)18-22-15(23-28-18)10-13-6-8-14(9-7-13)21-17(25)16-12(3)20-19(29-16)24(4)30(5,26)27/h6-9,11H,10H2,1-5H3,(H,21,25). The maximum absolute atomic E-state index is 12.6. The van der Waals surface area contributed by atoms with Gasteiger partial charge in [0.1, 0.15) is 4.88 Å². The van der Waals surface area contributed by atoms with Crippen molar-refractivity contribution in [1.82, 2.24) is 15.1 Å². The molecule has 30 heavy (non-hydrogen) atoms. The molecule has 0 aliphatic rings. The van der Waals surface area contributed by atoms with Crippen LogP contribution in [0, 0.1) is 6.92 Å². The maximum Gasteiger partial charge on any atom is 0.267 e. The summed E-state index contributed by atoms with van der Waals surface area (Å²) in [5.74, 6) is 1.05. The van der Waals surface area contributed by atoms with Crippen LogP contribution < -0.4 is 9.62 Å². The number of sulfonamides is 1. The molecule has 1 aromatic carbocycles. The minimum Gasteiger partial charge on any atom is -0.339 e. The first-order valence-electron chi connectivity index (χ1n) is 9.18. The van der Waals surface area contributed by atoms with Gasteiger partial charge in [0.15, 0.2) is 11.0 Å². The monoisotopic (exact) mass is 449 g/mol. The lowest BCUT2D eigenvalue weighted by Gasteiger charge is -2.11. The number of carbonyl (C=O) groups is 1. The first-order chi connectivity index (χ1) is 14.0. The molecule has 1 amide bonds. The van der Waals surface area contributed by atoms with Crippen LogP contribution in [0.5, 0.6) is 0 Å². The molecule has 2 aromatic heterocycles. The number of aromatic nitrogens is 3. The Bertz CT molecular complexity index is 1150. The third-order valence-electron chi connectivity index (χ3n) is 4.31. The smallest absolute Gasteiger partial charge is 0.267 e. The molecular formula is C19H23N5O4S2. The van der Waals surface area contributed by atoms with E-state index in [4.69, 9.17) is 4.52 Å². The van der Waals surface area contributed by atoms with E-state index in [1.165, 1.54) is 7.05 Å². The van der Waals surface area contributed by atoms with E-state index >= 15 is 0 Å². The first-order valence-corrected chi connectivity index (χ1v) is 11.8. The summed E-state index contributed by atoms with van der Waals surface area (Å²) < 4.78 is 29.6. The van der Waals surface area contributed by atoms with Gasteiger partial charge in [0.05, 0.1) is 11.9 Å². The average molecular weight is 450 g/mol. The molecule has 1 N–H and O–H groups in total. The highest BCUT2D eigenvalue weighted by atomic mass is 32.2. The Morgan fingerprint density at radius 2 is 1.90 bits per heavy atom. The Balaban J connectivity index is 1.68. The fourth-order valence-electron chi connectivity index (χ4n) is 2.52. The van der Waals surface area contributed by atoms with Gasteiger partial charge in [-0.3, -0.25) is 4.79 Å². The highest BCUT2D eigenvalue weighted by Crippen LogP contribution is 2.27. The molecule has 3 aromatic rings. The average Bonchev–Trinajstić information content (AvgIpc) is 3.28. The van der Waals surface area contributed by atoms with Crippen molar-refractivity contribution in [1.29, 1.82) is 0 Å². The van der Waals surface area contributed by atoms with Crippen LogP contribution in [0.25, 0.3) is 0 Å². The lowest BCUT2D eigenvalue weighted by molar-refractivity contribution is 0.103. The summed E-state index contributed by atoms with van der Waals surface area (Å²) in [7, 11) is -2.04. The van der Waals surface area contributed by atoms with Crippen LogP contribution in [0.15, 0.2) is 28.8 Å². The van der Waals surface area contributed by atoms with Crippen molar-refractivity contribution < 1.29 is 17.7 Å². The molecule has 0 atom stereocenters. The fraction of sp³-hybridized carbons (Fsp3) is 0.368. The van der Waals surface area contributed by atoms with Crippen LogP contribution >= 0.6 is 11.3 Å². The zero-order valence-electron chi connectivity index (χ0n) is 17.3. The van der Waals surface area contributed by atoms with E-state index in [2.05, 4.69) is 20.4 Å². The molecule has 9 nitrogen and oxygen atoms in total. The second kappa shape index (κ2) is 8.52. The summed E-state index contributed by atoms with van der Waals surface area (Å²) in [6.45, 7) is 5.65. The van der Waals surface area contributed by atoms with Gasteiger partial charge < -0.3 is 9.84 Å². The Hall–Kier alpha value is -2.79. The molecule has 0 aliphatic carbocycles. The summed E-state index contributed by atoms with van der Waals surface area (Å²) >= 11 is 1.03. The lowest BCUT2D eigenvalue weighted by atomic mass is 10.1. The van der Waals surface area contributed by atoms with E-state index in [9.17, 15) is 13.2 Å². The molecule has 0 fully saturated rings. The Morgan fingerprint density at radius 3 is 2.47 bits per heavy atom. The van der Waals surface area contributed by atoms with Crippen LogP contribution in [0.4, 0.5) is 10.8 Å². The molecule has 11 heteroatoms. The minimum absolute atomic E-state index is 0.178. The predicted molar refractivity (Wildman–Crippen MR) is 116 cm³/mol. The molecule has 0 radical (unpaired) electrons. The van der Waals surface area contributed by atoms with Crippen LogP contribution in [-0.2, 0) is 16.4 Å². The topological polar surface area (TPSA) is 118 Å². The third-order valence-corrected chi connectivity index (χ3v) is 6.83. The molecule has 3 rings (SSSR count). The van der Waals surface area contributed by atoms with Gasteiger partial charge in [0.25, 0.3) is 5.91 Å². The van der Waals surface area contributed by atoms with E-state index in [1.54, 1.807) is 19.1 Å². The first kappa shape index (κ1) is 21.9. The summed E-state index contributed by atoms with van der Waals surface area (Å²) in [5.41, 5.74) is 2.07. The van der Waals surface area contributed by atoms with Gasteiger partial charge in [0.2, 0.25) is 15.9 Å². The maximum atomic E-state index is 12.6. The summed E-state index contributed by atoms with van der Waals surface area (Å²) in [5, 5.41) is 7.04. The number of aryl methyl sites for hydroxylation is 1. The number of anilines is 2. The van der Waals surface area contributed by atoms with Crippen molar-refractivity contribution in [2.24, 2.45) is 0 Å². The zero-order valence-corrected chi connectivity index (χ0v) is 19.0. The van der Waals surface area contributed by atoms with Crippen LogP contribution in [0.3, 0.4) is 0 Å². The van der Waals surface area contributed by atoms with E-state index in [0.717, 1.165) is 27.5 Å². The van der Waals surface area contributed by atoms with Crippen molar-refractivity contribution in [3.8, 4) is 0 Å². The number of hydrogen-bond donors (Lipinski definition) is 1. The quantitative estimate of drug-likeness (QED) is 0.588. The van der Waals surface area contributed by atoms with Crippen LogP contribution in [-0.4, -0.2) is 42.8 Å². The van der Waals surface area contributed by atoms with Gasteiger partial charge in [-0.15, -0.1) is 0 Å². The molecule has 0 spiro atoms. The number of rotatable bonds is 7. The van der Waals surface area contributed by atoms with Crippen LogP contribution in [0.1, 0.15) is 52.4 Å². The summed E-state index contributed by atoms with van der Waals surface area (Å²) in [4.78, 5) is 21.5. The SMILES string of the molecule is Cc1nc(N(C)S(C)(=O)=O)sc1C(=O)Nc1ccc(Cc2noc(C(C)C)n2)cc1. The number of nitrogens with zero attached hydrogens (tertiary/aromatic N) is 4. The number of thiazole rings is 1. The van der Waals surface area contributed by atoms with Gasteiger partial charge in [0, 0.05) is 25.1 Å². The number of amides is 1. The van der Waals surface area contributed by atoms with Crippen molar-refractivity contribution in [3.63, 3.8) is 0 Å². The highest BCUT2D eigenvalue weighted by Gasteiger charge is 2.21. The van der Waals surface area contributed by atoms with Crippen molar-refractivity contribution >= 4 is 38.1 Å². The van der Waals surface area contributed by atoms with E-state index < -0.39 is 10.0 Å². The number of benzene rings is 1. The molecule has 2 heterocycles. The number of nitrogens with one attached hydrogen (secondary N) is 1. The summed E-state index contributed by atoms with van der Waals surface area (Å²) in [6, 6.07) is 7.33. The van der Waals surface area contributed by atoms with E-state index in [-0.39, 0.29) is 17.0 Å². The van der Waals surface area contributed by atoms with Gasteiger partial charge in [-0.1, -0.05) is 42.5 Å². The molecule has 0 saturated carbocycles. The van der Waals surface area contributed by atoms with Crippen LogP contribution in [0.2, 0.25) is 0 Å². The van der Waals surface area contributed by atoms with Crippen molar-refractivity contribution in [2.75, 3.05) is 22.9 Å². The molecule has 0 saturated heterocycles. The van der Waals surface area contributed by atoms with Crippen molar-refractivity contribution in [2.45, 2.75) is 33.1 Å². The normalized spacial score (nSPS) is 11.7. The molecular weight excluding hydrogens is 426 g/mol. The van der Waals surface area contributed by atoms with Gasteiger partial charge in [-0.2, -0.15) is 4.98 Å². The number of hydrogen-bond acceptors (Lipinski definition) is 8. The van der Waals surface area contributed by atoms with Gasteiger partial charge >= 0.3 is 0 Å². The second-order valence-electron chi connectivity index (χ2n) is 7.17. The summed E-state index contributed by atoms with van der Waals surface area (Å²) in [6.07, 6.45) is 1.61. The van der Waals surface area contributed by atoms with Crippen molar-refractivity contribution in [3.05, 3.63) is 52.1 Å². The predicted octanol–water partition coefficient (Wildman–Crippen LogP) is 3.20. The lowest BCUT2D eigenvalue weighted by Crippen LogP contribution is -2.24. The van der Waals surface area contributed by atoms with Gasteiger partial charge in [-0.05, 0) is 24.6 Å². The van der Waals surface area contributed by atoms with Gasteiger partial charge in [-0.25, -0.2) is 17.7 Å².